The smallest absolute Gasteiger partial charge is 0.309 e. The Balaban J connectivity index is 2.16. The lowest BCUT2D eigenvalue weighted by atomic mass is 10.1. The van der Waals surface area contributed by atoms with Crippen LogP contribution >= 0.6 is 11.6 Å². The van der Waals surface area contributed by atoms with Crippen LogP contribution < -0.4 is 10.6 Å². The van der Waals surface area contributed by atoms with Crippen LogP contribution in [0.3, 0.4) is 0 Å². The number of carbonyl (C=O) groups is 2. The van der Waals surface area contributed by atoms with Gasteiger partial charge in [-0.15, -0.1) is 0 Å². The van der Waals surface area contributed by atoms with Crippen molar-refractivity contribution in [2.24, 2.45) is 0 Å². The predicted octanol–water partition coefficient (Wildman–Crippen LogP) is 3.04. The molecular formula is C16H23ClN2O2. The highest BCUT2D eigenvalue weighted by Crippen LogP contribution is 2.09. The summed E-state index contributed by atoms with van der Waals surface area (Å²) in [5.74, 6) is -1.17. The number of rotatable bonds is 8. The SMILES string of the molecule is CCCCCCCNC(=O)C(=O)NCc1ccc(Cl)cc1. The van der Waals surface area contributed by atoms with E-state index in [1.807, 2.05) is 12.1 Å². The summed E-state index contributed by atoms with van der Waals surface area (Å²) < 4.78 is 0. The molecule has 2 N–H and O–H groups in total. The van der Waals surface area contributed by atoms with Crippen molar-refractivity contribution < 1.29 is 9.59 Å². The highest BCUT2D eigenvalue weighted by atomic mass is 35.5. The van der Waals surface area contributed by atoms with Crippen LogP contribution in [0.1, 0.15) is 44.6 Å². The number of nitrogens with one attached hydrogen (secondary N) is 2. The zero-order valence-electron chi connectivity index (χ0n) is 12.5. The molecule has 5 heteroatoms. The summed E-state index contributed by atoms with van der Waals surface area (Å²) >= 11 is 5.78. The highest BCUT2D eigenvalue weighted by molar-refractivity contribution is 6.35. The molecule has 1 aromatic rings. The zero-order chi connectivity index (χ0) is 15.5. The van der Waals surface area contributed by atoms with Gasteiger partial charge in [0.15, 0.2) is 0 Å². The second-order valence-electron chi connectivity index (χ2n) is 4.98. The molecule has 116 valence electrons. The predicted molar refractivity (Wildman–Crippen MR) is 85.1 cm³/mol. The normalized spacial score (nSPS) is 10.2. The van der Waals surface area contributed by atoms with Crippen LogP contribution in [-0.4, -0.2) is 18.4 Å². The van der Waals surface area contributed by atoms with Crippen LogP contribution in [0.2, 0.25) is 5.02 Å². The zero-order valence-corrected chi connectivity index (χ0v) is 13.2. The van der Waals surface area contributed by atoms with Crippen LogP contribution in [0.4, 0.5) is 0 Å². The van der Waals surface area contributed by atoms with E-state index in [1.165, 1.54) is 19.3 Å². The van der Waals surface area contributed by atoms with Crippen LogP contribution in [0.25, 0.3) is 0 Å². The topological polar surface area (TPSA) is 58.2 Å². The van der Waals surface area contributed by atoms with Gasteiger partial charge in [0.2, 0.25) is 0 Å². The second-order valence-corrected chi connectivity index (χ2v) is 5.42. The maximum Gasteiger partial charge on any atom is 0.309 e. The van der Waals surface area contributed by atoms with Crippen LogP contribution in [0.15, 0.2) is 24.3 Å². The van der Waals surface area contributed by atoms with Crippen molar-refractivity contribution in [1.82, 2.24) is 10.6 Å². The van der Waals surface area contributed by atoms with Gasteiger partial charge in [-0.05, 0) is 24.1 Å². The molecule has 2 amide bonds. The van der Waals surface area contributed by atoms with Crippen molar-refractivity contribution in [2.45, 2.75) is 45.6 Å². The van der Waals surface area contributed by atoms with Crippen molar-refractivity contribution in [3.63, 3.8) is 0 Å². The average Bonchev–Trinajstić information content (AvgIpc) is 2.49. The van der Waals surface area contributed by atoms with Crippen LogP contribution in [-0.2, 0) is 16.1 Å². The first-order chi connectivity index (χ1) is 10.1. The number of amides is 2. The third-order valence-electron chi connectivity index (χ3n) is 3.14. The standard InChI is InChI=1S/C16H23ClN2O2/c1-2-3-4-5-6-11-18-15(20)16(21)19-12-13-7-9-14(17)10-8-13/h7-10H,2-6,11-12H2,1H3,(H,18,20)(H,19,21). The summed E-state index contributed by atoms with van der Waals surface area (Å²) in [6.45, 7) is 3.03. The van der Waals surface area contributed by atoms with Gasteiger partial charge in [0, 0.05) is 18.1 Å². The van der Waals surface area contributed by atoms with Gasteiger partial charge in [0.05, 0.1) is 0 Å². The Bertz CT molecular complexity index is 446. The van der Waals surface area contributed by atoms with Crippen molar-refractivity contribution in [3.8, 4) is 0 Å². The first-order valence-corrected chi connectivity index (χ1v) is 7.81. The van der Waals surface area contributed by atoms with E-state index in [-0.39, 0.29) is 0 Å². The number of benzene rings is 1. The monoisotopic (exact) mass is 310 g/mol. The van der Waals surface area contributed by atoms with Crippen LogP contribution in [0.5, 0.6) is 0 Å². The number of unbranched alkanes of at least 4 members (excludes halogenated alkanes) is 4. The quantitative estimate of drug-likeness (QED) is 0.573. The van der Waals surface area contributed by atoms with Crippen LogP contribution in [0, 0.1) is 0 Å². The van der Waals surface area contributed by atoms with E-state index in [0.29, 0.717) is 18.1 Å². The van der Waals surface area contributed by atoms with Gasteiger partial charge in [-0.2, -0.15) is 0 Å². The molecular weight excluding hydrogens is 288 g/mol. The summed E-state index contributed by atoms with van der Waals surface area (Å²) in [7, 11) is 0. The lowest BCUT2D eigenvalue weighted by Gasteiger charge is -2.06. The summed E-state index contributed by atoms with van der Waals surface area (Å²) in [4.78, 5) is 23.2. The molecule has 0 aliphatic carbocycles. The third kappa shape index (κ3) is 7.71. The molecule has 0 radical (unpaired) electrons. The molecule has 0 aliphatic rings. The first kappa shape index (κ1) is 17.5. The lowest BCUT2D eigenvalue weighted by Crippen LogP contribution is -2.39. The number of hydrogen-bond donors (Lipinski definition) is 2. The fourth-order valence-electron chi connectivity index (χ4n) is 1.88. The molecule has 0 saturated carbocycles. The van der Waals surface area contributed by atoms with Crippen molar-refractivity contribution in [2.75, 3.05) is 6.54 Å². The Morgan fingerprint density at radius 2 is 1.57 bits per heavy atom. The van der Waals surface area contributed by atoms with Crippen molar-refractivity contribution in [3.05, 3.63) is 34.9 Å². The molecule has 1 aromatic carbocycles. The average molecular weight is 311 g/mol. The van der Waals surface area contributed by atoms with E-state index in [4.69, 9.17) is 11.6 Å². The maximum atomic E-state index is 11.6. The van der Waals surface area contributed by atoms with E-state index in [1.54, 1.807) is 12.1 Å². The van der Waals surface area contributed by atoms with Gasteiger partial charge in [-0.3, -0.25) is 9.59 Å². The molecule has 4 nitrogen and oxygen atoms in total. The Hall–Kier alpha value is -1.55. The number of hydrogen-bond acceptors (Lipinski definition) is 2. The van der Waals surface area contributed by atoms with Gasteiger partial charge in [-0.1, -0.05) is 56.3 Å². The molecule has 0 atom stereocenters. The van der Waals surface area contributed by atoms with E-state index in [2.05, 4.69) is 17.6 Å². The maximum absolute atomic E-state index is 11.6. The van der Waals surface area contributed by atoms with E-state index in [9.17, 15) is 9.59 Å². The minimum Gasteiger partial charge on any atom is -0.348 e. The Morgan fingerprint density at radius 3 is 2.24 bits per heavy atom. The molecule has 1 rings (SSSR count). The number of halogens is 1. The molecule has 0 spiro atoms. The Morgan fingerprint density at radius 1 is 0.952 bits per heavy atom. The minimum absolute atomic E-state index is 0.319. The molecule has 0 heterocycles. The second kappa shape index (κ2) is 10.2. The van der Waals surface area contributed by atoms with Crippen molar-refractivity contribution in [1.29, 1.82) is 0 Å². The molecule has 0 saturated heterocycles. The number of carbonyl (C=O) groups excluding carboxylic acids is 2. The van der Waals surface area contributed by atoms with Gasteiger partial charge < -0.3 is 10.6 Å². The Kier molecular flexibility index (Phi) is 8.51. The van der Waals surface area contributed by atoms with E-state index >= 15 is 0 Å². The highest BCUT2D eigenvalue weighted by Gasteiger charge is 2.11. The summed E-state index contributed by atoms with van der Waals surface area (Å²) in [5.41, 5.74) is 0.903. The fraction of sp³-hybridized carbons (Fsp3) is 0.500. The van der Waals surface area contributed by atoms with Gasteiger partial charge in [0.1, 0.15) is 0 Å². The van der Waals surface area contributed by atoms with Gasteiger partial charge in [0.25, 0.3) is 0 Å². The third-order valence-corrected chi connectivity index (χ3v) is 3.39. The van der Waals surface area contributed by atoms with Crippen molar-refractivity contribution >= 4 is 23.4 Å². The summed E-state index contributed by atoms with van der Waals surface area (Å²) in [6.07, 6.45) is 5.58. The fourth-order valence-corrected chi connectivity index (χ4v) is 2.00. The van der Waals surface area contributed by atoms with Gasteiger partial charge >= 0.3 is 11.8 Å². The summed E-state index contributed by atoms with van der Waals surface area (Å²) in [5, 5.41) is 5.86. The minimum atomic E-state index is -0.599. The molecule has 0 aliphatic heterocycles. The Labute approximate surface area is 131 Å². The van der Waals surface area contributed by atoms with Gasteiger partial charge in [-0.25, -0.2) is 0 Å². The lowest BCUT2D eigenvalue weighted by molar-refractivity contribution is -0.139. The largest absolute Gasteiger partial charge is 0.348 e. The summed E-state index contributed by atoms with van der Waals surface area (Å²) in [6, 6.07) is 7.13. The first-order valence-electron chi connectivity index (χ1n) is 7.44. The molecule has 0 aromatic heterocycles. The molecule has 0 unspecified atom stereocenters. The van der Waals surface area contributed by atoms with E-state index in [0.717, 1.165) is 18.4 Å². The molecule has 0 fully saturated rings. The molecule has 21 heavy (non-hydrogen) atoms. The molecule has 0 bridgehead atoms. The van der Waals surface area contributed by atoms with E-state index < -0.39 is 11.8 Å².